The minimum atomic E-state index is -0.498. The summed E-state index contributed by atoms with van der Waals surface area (Å²) in [6, 6.07) is 15.4. The molecular formula is C25H31N5O5. The maximum absolute atomic E-state index is 12.9. The van der Waals surface area contributed by atoms with Gasteiger partial charge in [-0.1, -0.05) is 36.4 Å². The van der Waals surface area contributed by atoms with Crippen molar-refractivity contribution in [3.63, 3.8) is 0 Å². The van der Waals surface area contributed by atoms with Crippen molar-refractivity contribution in [1.29, 1.82) is 0 Å². The van der Waals surface area contributed by atoms with Crippen LogP contribution in [0.1, 0.15) is 35.2 Å². The summed E-state index contributed by atoms with van der Waals surface area (Å²) < 4.78 is 5.00. The summed E-state index contributed by atoms with van der Waals surface area (Å²) in [6.45, 7) is 3.92. The molecule has 1 atom stereocenters. The third-order valence-electron chi connectivity index (χ3n) is 5.72. The molecule has 0 saturated carbocycles. The van der Waals surface area contributed by atoms with E-state index in [0.717, 1.165) is 5.56 Å². The SMILES string of the molecule is CCOC(=O)N1CCN(C(=O)c2cccc(NC(=O)NCCC(C(N)=O)c3ccccc3)c2)CC1. The molecule has 35 heavy (non-hydrogen) atoms. The van der Waals surface area contributed by atoms with E-state index in [2.05, 4.69) is 10.6 Å². The van der Waals surface area contributed by atoms with Gasteiger partial charge in [-0.3, -0.25) is 9.59 Å². The maximum Gasteiger partial charge on any atom is 0.409 e. The molecule has 10 nitrogen and oxygen atoms in total. The molecule has 0 aromatic heterocycles. The Kier molecular flexibility index (Phi) is 9.05. The highest BCUT2D eigenvalue weighted by atomic mass is 16.6. The zero-order chi connectivity index (χ0) is 25.2. The summed E-state index contributed by atoms with van der Waals surface area (Å²) in [6.07, 6.45) is -0.00832. The van der Waals surface area contributed by atoms with Gasteiger partial charge in [0, 0.05) is 44.0 Å². The fourth-order valence-electron chi connectivity index (χ4n) is 3.88. The summed E-state index contributed by atoms with van der Waals surface area (Å²) >= 11 is 0. The van der Waals surface area contributed by atoms with Crippen molar-refractivity contribution in [1.82, 2.24) is 15.1 Å². The Morgan fingerprint density at radius 3 is 2.31 bits per heavy atom. The molecular weight excluding hydrogens is 450 g/mol. The first-order valence-corrected chi connectivity index (χ1v) is 11.6. The Morgan fingerprint density at radius 2 is 1.66 bits per heavy atom. The van der Waals surface area contributed by atoms with E-state index in [1.165, 1.54) is 0 Å². The number of nitrogens with one attached hydrogen (secondary N) is 2. The fourth-order valence-corrected chi connectivity index (χ4v) is 3.88. The summed E-state index contributed by atoms with van der Waals surface area (Å²) in [7, 11) is 0. The van der Waals surface area contributed by atoms with Gasteiger partial charge in [-0.05, 0) is 37.1 Å². The molecule has 10 heteroatoms. The van der Waals surface area contributed by atoms with Gasteiger partial charge in [-0.15, -0.1) is 0 Å². The number of hydrogen-bond acceptors (Lipinski definition) is 5. The van der Waals surface area contributed by atoms with Gasteiger partial charge in [0.15, 0.2) is 0 Å². The molecule has 0 aliphatic carbocycles. The molecule has 1 aliphatic rings. The lowest BCUT2D eigenvalue weighted by Gasteiger charge is -2.34. The Balaban J connectivity index is 1.50. The van der Waals surface area contributed by atoms with Gasteiger partial charge in [-0.2, -0.15) is 0 Å². The van der Waals surface area contributed by atoms with Crippen LogP contribution in [0.3, 0.4) is 0 Å². The van der Waals surface area contributed by atoms with Crippen molar-refractivity contribution >= 4 is 29.6 Å². The van der Waals surface area contributed by atoms with Gasteiger partial charge < -0.3 is 30.9 Å². The van der Waals surface area contributed by atoms with Crippen molar-refractivity contribution in [3.05, 3.63) is 65.7 Å². The van der Waals surface area contributed by atoms with E-state index in [1.807, 2.05) is 30.3 Å². The van der Waals surface area contributed by atoms with E-state index in [1.54, 1.807) is 41.0 Å². The minimum absolute atomic E-state index is 0.176. The van der Waals surface area contributed by atoms with Crippen molar-refractivity contribution < 1.29 is 23.9 Å². The maximum atomic E-state index is 12.9. The van der Waals surface area contributed by atoms with Gasteiger partial charge in [0.1, 0.15) is 0 Å². The number of nitrogens with two attached hydrogens (primary N) is 1. The normalized spacial score (nSPS) is 14.1. The van der Waals surface area contributed by atoms with E-state index >= 15 is 0 Å². The molecule has 2 aromatic rings. The Labute approximate surface area is 204 Å². The molecule has 2 aromatic carbocycles. The van der Waals surface area contributed by atoms with E-state index in [9.17, 15) is 19.2 Å². The van der Waals surface area contributed by atoms with E-state index in [0.29, 0.717) is 50.5 Å². The number of rotatable bonds is 8. The number of ether oxygens (including phenoxy) is 1. The molecule has 1 unspecified atom stereocenters. The van der Waals surface area contributed by atoms with Crippen LogP contribution in [-0.4, -0.2) is 73.1 Å². The number of carbonyl (C=O) groups excluding carboxylic acids is 4. The summed E-state index contributed by atoms with van der Waals surface area (Å²) in [5, 5.41) is 5.43. The number of urea groups is 1. The van der Waals surface area contributed by atoms with Crippen LogP contribution in [0.25, 0.3) is 0 Å². The van der Waals surface area contributed by atoms with Gasteiger partial charge in [0.2, 0.25) is 5.91 Å². The lowest BCUT2D eigenvalue weighted by Crippen LogP contribution is -2.50. The Morgan fingerprint density at radius 1 is 0.971 bits per heavy atom. The highest BCUT2D eigenvalue weighted by Crippen LogP contribution is 2.19. The lowest BCUT2D eigenvalue weighted by molar-refractivity contribution is -0.119. The first-order chi connectivity index (χ1) is 16.9. The van der Waals surface area contributed by atoms with Crippen molar-refractivity contribution in [3.8, 4) is 0 Å². The number of anilines is 1. The fraction of sp³-hybridized carbons (Fsp3) is 0.360. The molecule has 1 saturated heterocycles. The lowest BCUT2D eigenvalue weighted by atomic mass is 9.95. The van der Waals surface area contributed by atoms with Gasteiger partial charge in [0.25, 0.3) is 5.91 Å². The number of amides is 5. The largest absolute Gasteiger partial charge is 0.450 e. The summed E-state index contributed by atoms with van der Waals surface area (Å²) in [5.74, 6) is -1.13. The predicted octanol–water partition coefficient (Wildman–Crippen LogP) is 2.38. The zero-order valence-corrected chi connectivity index (χ0v) is 19.7. The van der Waals surface area contributed by atoms with Crippen LogP contribution in [0.5, 0.6) is 0 Å². The highest BCUT2D eigenvalue weighted by molar-refractivity contribution is 5.97. The molecule has 186 valence electrons. The van der Waals surface area contributed by atoms with Crippen LogP contribution < -0.4 is 16.4 Å². The molecule has 3 rings (SSSR count). The van der Waals surface area contributed by atoms with Crippen molar-refractivity contribution in [2.24, 2.45) is 5.73 Å². The average molecular weight is 482 g/mol. The number of primary amides is 1. The standard InChI is InChI=1S/C25H31N5O5/c1-2-35-25(34)30-15-13-29(14-16-30)23(32)19-9-6-10-20(17-19)28-24(33)27-12-11-21(22(26)31)18-7-4-3-5-8-18/h3-10,17,21H,2,11-16H2,1H3,(H2,26,31)(H2,27,28,33). The van der Waals surface area contributed by atoms with Crippen LogP contribution in [0.2, 0.25) is 0 Å². The number of benzene rings is 2. The summed E-state index contributed by atoms with van der Waals surface area (Å²) in [5.41, 5.74) is 7.23. The zero-order valence-electron chi connectivity index (χ0n) is 19.7. The highest BCUT2D eigenvalue weighted by Gasteiger charge is 2.25. The average Bonchev–Trinajstić information content (AvgIpc) is 2.87. The smallest absolute Gasteiger partial charge is 0.409 e. The van der Waals surface area contributed by atoms with Gasteiger partial charge >= 0.3 is 12.1 Å². The van der Waals surface area contributed by atoms with Crippen LogP contribution in [0.15, 0.2) is 54.6 Å². The van der Waals surface area contributed by atoms with E-state index in [4.69, 9.17) is 10.5 Å². The molecule has 5 amide bonds. The second kappa shape index (κ2) is 12.4. The van der Waals surface area contributed by atoms with Crippen LogP contribution in [0, 0.1) is 0 Å². The molecule has 4 N–H and O–H groups in total. The number of carbonyl (C=O) groups is 4. The Bertz CT molecular complexity index is 1040. The number of piperazine rings is 1. The van der Waals surface area contributed by atoms with Crippen molar-refractivity contribution in [2.75, 3.05) is 44.6 Å². The predicted molar refractivity (Wildman–Crippen MR) is 131 cm³/mol. The van der Waals surface area contributed by atoms with Crippen molar-refractivity contribution in [2.45, 2.75) is 19.3 Å². The third kappa shape index (κ3) is 7.20. The summed E-state index contributed by atoms with van der Waals surface area (Å²) in [4.78, 5) is 52.2. The number of hydrogen-bond donors (Lipinski definition) is 3. The van der Waals surface area contributed by atoms with Gasteiger partial charge in [-0.25, -0.2) is 9.59 Å². The second-order valence-corrected chi connectivity index (χ2v) is 8.09. The van der Waals surface area contributed by atoms with E-state index in [-0.39, 0.29) is 18.5 Å². The molecule has 0 bridgehead atoms. The quantitative estimate of drug-likeness (QED) is 0.532. The van der Waals surface area contributed by atoms with Crippen LogP contribution in [-0.2, 0) is 9.53 Å². The van der Waals surface area contributed by atoms with Crippen LogP contribution in [0.4, 0.5) is 15.3 Å². The molecule has 0 spiro atoms. The van der Waals surface area contributed by atoms with E-state index < -0.39 is 17.9 Å². The monoisotopic (exact) mass is 481 g/mol. The second-order valence-electron chi connectivity index (χ2n) is 8.09. The van der Waals surface area contributed by atoms with Crippen LogP contribution >= 0.6 is 0 Å². The molecule has 0 radical (unpaired) electrons. The minimum Gasteiger partial charge on any atom is -0.450 e. The third-order valence-corrected chi connectivity index (χ3v) is 5.72. The number of nitrogens with zero attached hydrogens (tertiary/aromatic N) is 2. The molecule has 1 heterocycles. The first kappa shape index (κ1) is 25.5. The Hall–Kier alpha value is -4.08. The first-order valence-electron chi connectivity index (χ1n) is 11.6. The van der Waals surface area contributed by atoms with Gasteiger partial charge in [0.05, 0.1) is 12.5 Å². The topological polar surface area (TPSA) is 134 Å². The molecule has 1 fully saturated rings. The molecule has 1 aliphatic heterocycles.